The van der Waals surface area contributed by atoms with Crippen molar-refractivity contribution >= 4 is 44.9 Å². The maximum absolute atomic E-state index is 14.5. The van der Waals surface area contributed by atoms with E-state index in [1.807, 2.05) is 58.3 Å². The monoisotopic (exact) mass is 681 g/mol. The van der Waals surface area contributed by atoms with Gasteiger partial charge in [0.2, 0.25) is 5.91 Å². The normalized spacial score (nSPS) is 19.5. The van der Waals surface area contributed by atoms with E-state index < -0.39 is 0 Å². The molecule has 0 spiro atoms. The van der Waals surface area contributed by atoms with Crippen LogP contribution in [-0.2, 0) is 16.1 Å². The SMILES string of the molecule is CC(=O)N1CC2CC(c3ccc(OCCOc4cc(F)ccc4Br)cc3)=C(C(=O)N(Cc3cccc(Cl)c3)C3CC3)C(C1)N2. The summed E-state index contributed by atoms with van der Waals surface area (Å²) in [5, 5.41) is 4.28. The second-order valence-corrected chi connectivity index (χ2v) is 12.8. The number of carbonyl (C=O) groups excluding carboxylic acids is 2. The highest BCUT2D eigenvalue weighted by atomic mass is 79.9. The van der Waals surface area contributed by atoms with E-state index in [4.69, 9.17) is 21.1 Å². The quantitative estimate of drug-likeness (QED) is 0.257. The number of piperazine rings is 1. The van der Waals surface area contributed by atoms with Gasteiger partial charge in [0.1, 0.15) is 30.5 Å². The minimum Gasteiger partial charge on any atom is -0.490 e. The predicted molar refractivity (Wildman–Crippen MR) is 171 cm³/mol. The molecule has 1 N–H and O–H groups in total. The van der Waals surface area contributed by atoms with Gasteiger partial charge in [0.15, 0.2) is 0 Å². The lowest BCUT2D eigenvalue weighted by molar-refractivity contribution is -0.132. The van der Waals surface area contributed by atoms with Crippen LogP contribution < -0.4 is 14.8 Å². The number of halogens is 3. The van der Waals surface area contributed by atoms with Gasteiger partial charge in [-0.3, -0.25) is 9.59 Å². The Bertz CT molecular complexity index is 1580. The minimum atomic E-state index is -0.368. The van der Waals surface area contributed by atoms with Gasteiger partial charge >= 0.3 is 0 Å². The number of carbonyl (C=O) groups is 2. The van der Waals surface area contributed by atoms with Crippen molar-refractivity contribution in [3.05, 3.63) is 98.7 Å². The molecule has 3 aromatic carbocycles. The van der Waals surface area contributed by atoms with Gasteiger partial charge in [-0.1, -0.05) is 35.9 Å². The molecule has 2 unspecified atom stereocenters. The lowest BCUT2D eigenvalue weighted by Crippen LogP contribution is -2.61. The first kappa shape index (κ1) is 30.6. The van der Waals surface area contributed by atoms with Crippen molar-refractivity contribution in [2.45, 2.75) is 50.9 Å². The van der Waals surface area contributed by atoms with Crippen LogP contribution in [0.25, 0.3) is 5.57 Å². The molecule has 10 heteroatoms. The topological polar surface area (TPSA) is 71.1 Å². The number of hydrogen-bond donors (Lipinski definition) is 1. The zero-order valence-electron chi connectivity index (χ0n) is 24.4. The maximum Gasteiger partial charge on any atom is 0.252 e. The van der Waals surface area contributed by atoms with Crippen LogP contribution in [0, 0.1) is 5.82 Å². The average molecular weight is 683 g/mol. The van der Waals surface area contributed by atoms with E-state index in [2.05, 4.69) is 21.2 Å². The summed E-state index contributed by atoms with van der Waals surface area (Å²) in [7, 11) is 0. The van der Waals surface area contributed by atoms with E-state index in [0.717, 1.165) is 35.1 Å². The Balaban J connectivity index is 1.23. The summed E-state index contributed by atoms with van der Waals surface area (Å²) < 4.78 is 25.8. The fourth-order valence-electron chi connectivity index (χ4n) is 6.02. The molecule has 2 bridgehead atoms. The molecule has 2 atom stereocenters. The van der Waals surface area contributed by atoms with Gasteiger partial charge < -0.3 is 24.6 Å². The number of benzene rings is 3. The summed E-state index contributed by atoms with van der Waals surface area (Å²) >= 11 is 9.63. The highest BCUT2D eigenvalue weighted by molar-refractivity contribution is 9.10. The molecule has 0 aromatic heterocycles. The van der Waals surface area contributed by atoms with E-state index in [0.29, 0.717) is 47.0 Å². The third-order valence-corrected chi connectivity index (χ3v) is 9.17. The first-order valence-corrected chi connectivity index (χ1v) is 16.0. The Kier molecular flexibility index (Phi) is 9.26. The van der Waals surface area contributed by atoms with E-state index in [1.165, 1.54) is 12.1 Å². The number of nitrogens with one attached hydrogen (secondary N) is 1. The van der Waals surface area contributed by atoms with Crippen LogP contribution in [0.1, 0.15) is 37.3 Å². The summed E-state index contributed by atoms with van der Waals surface area (Å²) in [5.41, 5.74) is 3.69. The number of amides is 2. The van der Waals surface area contributed by atoms with Crippen molar-refractivity contribution in [3.8, 4) is 11.5 Å². The second-order valence-electron chi connectivity index (χ2n) is 11.5. The van der Waals surface area contributed by atoms with Crippen LogP contribution in [0.2, 0.25) is 5.02 Å². The molecule has 2 heterocycles. The van der Waals surface area contributed by atoms with Gasteiger partial charge in [-0.2, -0.15) is 0 Å². The zero-order chi connectivity index (χ0) is 30.8. The largest absolute Gasteiger partial charge is 0.490 e. The molecule has 1 saturated heterocycles. The van der Waals surface area contributed by atoms with Gasteiger partial charge in [-0.05, 0) is 88.3 Å². The molecule has 3 aliphatic rings. The molecule has 2 amide bonds. The Morgan fingerprint density at radius 1 is 1.05 bits per heavy atom. The second kappa shape index (κ2) is 13.3. The van der Waals surface area contributed by atoms with Gasteiger partial charge in [0.05, 0.1) is 10.5 Å². The van der Waals surface area contributed by atoms with Crippen molar-refractivity contribution in [1.29, 1.82) is 0 Å². The van der Waals surface area contributed by atoms with Crippen molar-refractivity contribution in [2.75, 3.05) is 26.3 Å². The van der Waals surface area contributed by atoms with Crippen molar-refractivity contribution in [3.63, 3.8) is 0 Å². The molecule has 1 saturated carbocycles. The van der Waals surface area contributed by atoms with Gasteiger partial charge in [0.25, 0.3) is 5.91 Å². The fourth-order valence-corrected chi connectivity index (χ4v) is 6.59. The third kappa shape index (κ3) is 7.11. The molecule has 230 valence electrons. The summed E-state index contributed by atoms with van der Waals surface area (Å²) in [6, 6.07) is 19.7. The van der Waals surface area contributed by atoms with E-state index in [-0.39, 0.29) is 49.0 Å². The number of fused-ring (bicyclic) bond motifs is 2. The highest BCUT2D eigenvalue weighted by Crippen LogP contribution is 2.38. The van der Waals surface area contributed by atoms with Crippen molar-refractivity contribution in [2.24, 2.45) is 0 Å². The molecule has 44 heavy (non-hydrogen) atoms. The van der Waals surface area contributed by atoms with E-state index in [1.54, 1.807) is 13.0 Å². The van der Waals surface area contributed by atoms with Crippen LogP contribution in [-0.4, -0.2) is 66.0 Å². The number of rotatable bonds is 10. The van der Waals surface area contributed by atoms with E-state index in [9.17, 15) is 14.0 Å². The third-order valence-electron chi connectivity index (χ3n) is 8.28. The molecule has 3 aromatic rings. The predicted octanol–water partition coefficient (Wildman–Crippen LogP) is 6.24. The molecule has 6 rings (SSSR count). The Labute approximate surface area is 270 Å². The Morgan fingerprint density at radius 2 is 1.82 bits per heavy atom. The summed E-state index contributed by atoms with van der Waals surface area (Å²) in [4.78, 5) is 30.7. The van der Waals surface area contributed by atoms with Crippen molar-refractivity contribution in [1.82, 2.24) is 15.1 Å². The smallest absolute Gasteiger partial charge is 0.252 e. The maximum atomic E-state index is 14.5. The molecule has 2 fully saturated rings. The molecular formula is C34H34BrClFN3O4. The first-order chi connectivity index (χ1) is 21.2. The zero-order valence-corrected chi connectivity index (χ0v) is 26.7. The fraction of sp³-hybridized carbons (Fsp3) is 0.353. The van der Waals surface area contributed by atoms with Crippen LogP contribution in [0.4, 0.5) is 4.39 Å². The lowest BCUT2D eigenvalue weighted by atomic mass is 9.82. The number of ether oxygens (including phenoxy) is 2. The first-order valence-electron chi connectivity index (χ1n) is 14.9. The average Bonchev–Trinajstić information content (AvgIpc) is 3.85. The summed E-state index contributed by atoms with van der Waals surface area (Å²) in [6.45, 7) is 3.66. The van der Waals surface area contributed by atoms with Crippen LogP contribution >= 0.6 is 27.5 Å². The Morgan fingerprint density at radius 3 is 2.55 bits per heavy atom. The highest BCUT2D eigenvalue weighted by Gasteiger charge is 2.43. The van der Waals surface area contributed by atoms with Crippen LogP contribution in [0.3, 0.4) is 0 Å². The van der Waals surface area contributed by atoms with Gasteiger partial charge in [0, 0.05) is 55.3 Å². The molecule has 7 nitrogen and oxygen atoms in total. The van der Waals surface area contributed by atoms with Crippen LogP contribution in [0.5, 0.6) is 11.5 Å². The summed E-state index contributed by atoms with van der Waals surface area (Å²) in [5.74, 6) is 0.743. The molecule has 0 radical (unpaired) electrons. The molecule has 1 aliphatic carbocycles. The van der Waals surface area contributed by atoms with Gasteiger partial charge in [-0.25, -0.2) is 4.39 Å². The van der Waals surface area contributed by atoms with Gasteiger partial charge in [-0.15, -0.1) is 0 Å². The lowest BCUT2D eigenvalue weighted by Gasteiger charge is -2.44. The van der Waals surface area contributed by atoms with Crippen molar-refractivity contribution < 1.29 is 23.5 Å². The Hall–Kier alpha value is -3.40. The number of hydrogen-bond acceptors (Lipinski definition) is 5. The van der Waals surface area contributed by atoms with Crippen LogP contribution in [0.15, 0.2) is 76.8 Å². The minimum absolute atomic E-state index is 0.00446. The molecular weight excluding hydrogens is 649 g/mol. The summed E-state index contributed by atoms with van der Waals surface area (Å²) in [6.07, 6.45) is 2.58. The van der Waals surface area contributed by atoms with E-state index >= 15 is 0 Å². The number of nitrogens with zero attached hydrogens (tertiary/aromatic N) is 2. The molecule has 2 aliphatic heterocycles. The standard InChI is InChI=1S/C34H34BrClFN3O4/c1-21(41)39-19-26-17-29(23-5-10-28(11-6-23)43-13-14-44-32-16-25(37)7-12-30(32)35)33(31(20-39)38-26)34(42)40(27-8-9-27)18-22-3-2-4-24(36)15-22/h2-7,10-12,15-16,26-27,31,38H,8-9,13-14,17-20H2,1H3.